The van der Waals surface area contributed by atoms with E-state index in [4.69, 9.17) is 4.42 Å². The summed E-state index contributed by atoms with van der Waals surface area (Å²) in [5.41, 5.74) is 0. The summed E-state index contributed by atoms with van der Waals surface area (Å²) >= 11 is 0. The number of hydrogen-bond donors (Lipinski definition) is 1. The second kappa shape index (κ2) is 4.80. The SMILES string of the molecule is CCC(=O)[N+](C)(O)C(C)c1ccc(CC)o1. The van der Waals surface area contributed by atoms with E-state index in [0.717, 1.165) is 12.2 Å². The largest absolute Gasteiger partial charge is 0.460 e. The first-order valence-electron chi connectivity index (χ1n) is 5.64. The smallest absolute Gasteiger partial charge is 0.345 e. The summed E-state index contributed by atoms with van der Waals surface area (Å²) in [6.45, 7) is 5.52. The highest BCUT2D eigenvalue weighted by molar-refractivity contribution is 5.67. The summed E-state index contributed by atoms with van der Waals surface area (Å²) in [7, 11) is 1.49. The van der Waals surface area contributed by atoms with Gasteiger partial charge >= 0.3 is 5.91 Å². The number of carbonyl (C=O) groups is 1. The van der Waals surface area contributed by atoms with E-state index in [0.29, 0.717) is 12.2 Å². The highest BCUT2D eigenvalue weighted by atomic mass is 16.6. The van der Waals surface area contributed by atoms with Crippen molar-refractivity contribution < 1.29 is 19.1 Å². The van der Waals surface area contributed by atoms with Gasteiger partial charge in [-0.3, -0.25) is 0 Å². The molecule has 0 bridgehead atoms. The number of furan rings is 1. The zero-order chi connectivity index (χ0) is 12.3. The molecule has 2 unspecified atom stereocenters. The Hall–Kier alpha value is -1.13. The highest BCUT2D eigenvalue weighted by Gasteiger charge is 2.38. The van der Waals surface area contributed by atoms with Crippen LogP contribution in [0.2, 0.25) is 0 Å². The number of quaternary nitrogens is 1. The molecule has 0 spiro atoms. The Balaban J connectivity index is 2.92. The van der Waals surface area contributed by atoms with Gasteiger partial charge in [0.05, 0.1) is 6.42 Å². The van der Waals surface area contributed by atoms with Crippen molar-refractivity contribution in [3.63, 3.8) is 0 Å². The topological polar surface area (TPSA) is 50.4 Å². The van der Waals surface area contributed by atoms with Gasteiger partial charge in [0, 0.05) is 6.42 Å². The molecule has 2 atom stereocenters. The Kier molecular flexibility index (Phi) is 3.88. The third-order valence-corrected chi connectivity index (χ3v) is 3.00. The molecule has 1 amide bonds. The lowest BCUT2D eigenvalue weighted by molar-refractivity contribution is -1.05. The first kappa shape index (κ1) is 12.9. The van der Waals surface area contributed by atoms with Gasteiger partial charge in [-0.2, -0.15) is 0 Å². The van der Waals surface area contributed by atoms with E-state index < -0.39 is 4.65 Å². The molecule has 1 heterocycles. The van der Waals surface area contributed by atoms with E-state index in [2.05, 4.69) is 0 Å². The number of rotatable bonds is 4. The number of carbonyl (C=O) groups excluding carboxylic acids is 1. The van der Waals surface area contributed by atoms with Gasteiger partial charge in [-0.1, -0.05) is 13.8 Å². The lowest BCUT2D eigenvalue weighted by Gasteiger charge is -2.27. The molecule has 1 aromatic heterocycles. The average Bonchev–Trinajstić information content (AvgIpc) is 2.75. The van der Waals surface area contributed by atoms with Crippen molar-refractivity contribution in [1.29, 1.82) is 0 Å². The van der Waals surface area contributed by atoms with Crippen LogP contribution in [0.25, 0.3) is 0 Å². The molecule has 0 aromatic carbocycles. The van der Waals surface area contributed by atoms with Crippen molar-refractivity contribution in [2.24, 2.45) is 0 Å². The summed E-state index contributed by atoms with van der Waals surface area (Å²) in [5.74, 6) is 1.29. The summed E-state index contributed by atoms with van der Waals surface area (Å²) in [6.07, 6.45) is 1.11. The fourth-order valence-corrected chi connectivity index (χ4v) is 1.59. The predicted molar refractivity (Wildman–Crippen MR) is 59.8 cm³/mol. The van der Waals surface area contributed by atoms with Gasteiger partial charge in [0.2, 0.25) is 0 Å². The fourth-order valence-electron chi connectivity index (χ4n) is 1.59. The maximum Gasteiger partial charge on any atom is 0.345 e. The molecule has 0 aliphatic rings. The van der Waals surface area contributed by atoms with Crippen LogP contribution in [0, 0.1) is 0 Å². The Bertz CT molecular complexity index is 368. The lowest BCUT2D eigenvalue weighted by atomic mass is 10.2. The average molecular weight is 226 g/mol. The summed E-state index contributed by atoms with van der Waals surface area (Å²) in [4.78, 5) is 11.6. The van der Waals surface area contributed by atoms with Crippen LogP contribution in [0.4, 0.5) is 0 Å². The van der Waals surface area contributed by atoms with Gasteiger partial charge in [-0.15, -0.1) is 4.65 Å². The van der Waals surface area contributed by atoms with Crippen molar-refractivity contribution >= 4 is 5.91 Å². The molecule has 4 heteroatoms. The van der Waals surface area contributed by atoms with Gasteiger partial charge in [-0.05, 0) is 19.1 Å². The normalized spacial score (nSPS) is 16.8. The Morgan fingerprint density at radius 3 is 2.56 bits per heavy atom. The maximum absolute atomic E-state index is 11.6. The summed E-state index contributed by atoms with van der Waals surface area (Å²) in [6, 6.07) is 3.31. The summed E-state index contributed by atoms with van der Waals surface area (Å²) in [5, 5.41) is 10.1. The first-order valence-corrected chi connectivity index (χ1v) is 5.64. The van der Waals surface area contributed by atoms with Gasteiger partial charge in [-0.25, -0.2) is 10.0 Å². The van der Waals surface area contributed by atoms with E-state index in [-0.39, 0.29) is 11.9 Å². The first-order chi connectivity index (χ1) is 7.43. The molecule has 0 fully saturated rings. The third-order valence-electron chi connectivity index (χ3n) is 3.00. The molecule has 1 aromatic rings. The minimum absolute atomic E-state index is 0.220. The zero-order valence-corrected chi connectivity index (χ0v) is 10.4. The Morgan fingerprint density at radius 1 is 1.50 bits per heavy atom. The minimum Gasteiger partial charge on any atom is -0.460 e. The number of hydroxylamine groups is 3. The predicted octanol–water partition coefficient (Wildman–Crippen LogP) is 2.68. The van der Waals surface area contributed by atoms with E-state index in [1.54, 1.807) is 13.8 Å². The monoisotopic (exact) mass is 226 g/mol. The Morgan fingerprint density at radius 2 is 2.12 bits per heavy atom. The molecule has 16 heavy (non-hydrogen) atoms. The molecule has 1 rings (SSSR count). The molecule has 1 N–H and O–H groups in total. The maximum atomic E-state index is 11.6. The van der Waals surface area contributed by atoms with E-state index in [9.17, 15) is 10.0 Å². The van der Waals surface area contributed by atoms with E-state index >= 15 is 0 Å². The molecule has 90 valence electrons. The van der Waals surface area contributed by atoms with Crippen molar-refractivity contribution in [3.8, 4) is 0 Å². The number of nitrogens with zero attached hydrogens (tertiary/aromatic N) is 1. The lowest BCUT2D eigenvalue weighted by Crippen LogP contribution is -2.47. The number of hydrogen-bond acceptors (Lipinski definition) is 3. The van der Waals surface area contributed by atoms with Crippen LogP contribution in [-0.4, -0.2) is 22.8 Å². The number of aryl methyl sites for hydroxylation is 1. The van der Waals surface area contributed by atoms with Crippen molar-refractivity contribution in [3.05, 3.63) is 23.7 Å². The summed E-state index contributed by atoms with van der Waals surface area (Å²) < 4.78 is 4.89. The molecular formula is C12H20NO3+. The van der Waals surface area contributed by atoms with Gasteiger partial charge in [0.25, 0.3) is 0 Å². The standard InChI is InChI=1S/C12H20NO3/c1-5-10-7-8-11(16-10)9(3)13(4,15)12(14)6-2/h7-9,15H,5-6H2,1-4H3/q+1. The van der Waals surface area contributed by atoms with Crippen LogP contribution in [0.15, 0.2) is 16.5 Å². The van der Waals surface area contributed by atoms with Crippen LogP contribution in [0.5, 0.6) is 0 Å². The Labute approximate surface area is 96.0 Å². The molecule has 0 saturated carbocycles. The fraction of sp³-hybridized carbons (Fsp3) is 0.583. The second-order valence-electron chi connectivity index (χ2n) is 4.11. The molecule has 0 saturated heterocycles. The third kappa shape index (κ3) is 2.33. The highest BCUT2D eigenvalue weighted by Crippen LogP contribution is 2.27. The van der Waals surface area contributed by atoms with Crippen molar-refractivity contribution in [2.75, 3.05) is 7.05 Å². The molecule has 0 aliphatic carbocycles. The van der Waals surface area contributed by atoms with Crippen LogP contribution >= 0.6 is 0 Å². The van der Waals surface area contributed by atoms with Crippen LogP contribution in [-0.2, 0) is 11.2 Å². The molecule has 4 nitrogen and oxygen atoms in total. The van der Waals surface area contributed by atoms with Crippen molar-refractivity contribution in [2.45, 2.75) is 39.7 Å². The molecular weight excluding hydrogens is 206 g/mol. The second-order valence-corrected chi connectivity index (χ2v) is 4.11. The van der Waals surface area contributed by atoms with Crippen LogP contribution < -0.4 is 0 Å². The molecule has 0 aliphatic heterocycles. The van der Waals surface area contributed by atoms with Crippen molar-refractivity contribution in [1.82, 2.24) is 0 Å². The molecule has 0 radical (unpaired) electrons. The van der Waals surface area contributed by atoms with Gasteiger partial charge < -0.3 is 4.42 Å². The van der Waals surface area contributed by atoms with E-state index in [1.807, 2.05) is 19.1 Å². The van der Waals surface area contributed by atoms with Gasteiger partial charge in [0.1, 0.15) is 12.8 Å². The zero-order valence-electron chi connectivity index (χ0n) is 10.4. The quantitative estimate of drug-likeness (QED) is 0.488. The van der Waals surface area contributed by atoms with Gasteiger partial charge in [0.15, 0.2) is 11.8 Å². The van der Waals surface area contributed by atoms with Crippen LogP contribution in [0.1, 0.15) is 44.8 Å². The number of amides is 1. The van der Waals surface area contributed by atoms with Crippen LogP contribution in [0.3, 0.4) is 0 Å². The minimum atomic E-state index is -0.660. The van der Waals surface area contributed by atoms with E-state index in [1.165, 1.54) is 7.05 Å².